The van der Waals surface area contributed by atoms with Crippen LogP contribution in [0.2, 0.25) is 16.4 Å². The molecular weight excluding hydrogens is 396 g/mol. The fraction of sp³-hybridized carbons (Fsp3) is 0.421. The molecular formula is C19H24BCl2N5O. The van der Waals surface area contributed by atoms with E-state index in [1.54, 1.807) is 0 Å². The topological polar surface area (TPSA) is 67.1 Å². The van der Waals surface area contributed by atoms with Crippen LogP contribution in [0.4, 0.5) is 0 Å². The van der Waals surface area contributed by atoms with Crippen LogP contribution in [0.15, 0.2) is 24.4 Å². The molecule has 3 rings (SSSR count). The number of rotatable bonds is 7. The number of aromatic nitrogens is 4. The number of hydrogen-bond acceptors (Lipinski definition) is 5. The molecule has 148 valence electrons. The summed E-state index contributed by atoms with van der Waals surface area (Å²) in [4.78, 5) is 6.63. The van der Waals surface area contributed by atoms with Crippen molar-refractivity contribution >= 4 is 42.0 Å². The molecule has 9 heteroatoms. The number of benzene rings is 1. The zero-order chi connectivity index (χ0) is 20.5. The highest BCUT2D eigenvalue weighted by atomic mass is 35.5. The van der Waals surface area contributed by atoms with Crippen molar-refractivity contribution in [2.24, 2.45) is 5.41 Å². The van der Waals surface area contributed by atoms with Gasteiger partial charge in [0.05, 0.1) is 21.4 Å². The number of nitrogens with zero attached hydrogens (tertiary/aromatic N) is 5. The molecule has 3 aromatic rings. The van der Waals surface area contributed by atoms with Crippen molar-refractivity contribution < 1.29 is 5.11 Å². The molecule has 0 saturated heterocycles. The van der Waals surface area contributed by atoms with E-state index in [-0.39, 0.29) is 16.2 Å². The Morgan fingerprint density at radius 3 is 2.61 bits per heavy atom. The van der Waals surface area contributed by atoms with Crippen LogP contribution in [0, 0.1) is 5.41 Å². The highest BCUT2D eigenvalue weighted by Crippen LogP contribution is 2.36. The van der Waals surface area contributed by atoms with Gasteiger partial charge in [-0.2, -0.15) is 0 Å². The molecule has 0 spiro atoms. The summed E-state index contributed by atoms with van der Waals surface area (Å²) >= 11 is 12.2. The third kappa shape index (κ3) is 4.77. The van der Waals surface area contributed by atoms with Crippen molar-refractivity contribution in [1.82, 2.24) is 24.9 Å². The third-order valence-electron chi connectivity index (χ3n) is 4.91. The highest BCUT2D eigenvalue weighted by Gasteiger charge is 2.17. The molecule has 0 unspecified atom stereocenters. The van der Waals surface area contributed by atoms with Crippen LogP contribution in [0.25, 0.3) is 10.9 Å². The minimum atomic E-state index is -0.0490. The van der Waals surface area contributed by atoms with Crippen LogP contribution < -0.4 is 0 Å². The lowest BCUT2D eigenvalue weighted by Gasteiger charge is -2.21. The van der Waals surface area contributed by atoms with Gasteiger partial charge < -0.3 is 5.11 Å². The summed E-state index contributed by atoms with van der Waals surface area (Å²) < 4.78 is 1.91. The van der Waals surface area contributed by atoms with Crippen LogP contribution in [0.5, 0.6) is 5.75 Å². The minimum absolute atomic E-state index is 0.0490. The van der Waals surface area contributed by atoms with Gasteiger partial charge in [0, 0.05) is 31.2 Å². The van der Waals surface area contributed by atoms with Gasteiger partial charge in [0.15, 0.2) is 5.75 Å². The second-order valence-corrected chi connectivity index (χ2v) is 8.80. The molecule has 0 aliphatic carbocycles. The monoisotopic (exact) mass is 419 g/mol. The number of pyridine rings is 1. The molecule has 0 aliphatic heterocycles. The van der Waals surface area contributed by atoms with Crippen molar-refractivity contribution in [3.8, 4) is 5.75 Å². The zero-order valence-electron chi connectivity index (χ0n) is 16.6. The molecule has 1 N–H and O–H groups in total. The normalized spacial score (nSPS) is 12.2. The molecule has 0 fully saturated rings. The number of halogens is 2. The number of phenolic OH excluding ortho intramolecular Hbond substituents is 1. The van der Waals surface area contributed by atoms with E-state index in [1.165, 1.54) is 6.07 Å². The van der Waals surface area contributed by atoms with E-state index >= 15 is 0 Å². The van der Waals surface area contributed by atoms with Crippen LogP contribution in [-0.2, 0) is 19.6 Å². The largest absolute Gasteiger partial charge is 0.504 e. The summed E-state index contributed by atoms with van der Waals surface area (Å²) in [6.45, 7) is 6.52. The van der Waals surface area contributed by atoms with Gasteiger partial charge in [0.25, 0.3) is 0 Å². The molecule has 0 saturated carbocycles. The van der Waals surface area contributed by atoms with Crippen molar-refractivity contribution in [3.63, 3.8) is 0 Å². The van der Waals surface area contributed by atoms with Crippen LogP contribution in [0.3, 0.4) is 0 Å². The average molecular weight is 420 g/mol. The van der Waals surface area contributed by atoms with E-state index in [4.69, 9.17) is 23.2 Å². The molecule has 0 bridgehead atoms. The minimum Gasteiger partial charge on any atom is -0.504 e. The first-order valence-electron chi connectivity index (χ1n) is 9.22. The lowest BCUT2D eigenvalue weighted by molar-refractivity contribution is 0.311. The van der Waals surface area contributed by atoms with Gasteiger partial charge in [-0.05, 0) is 30.7 Å². The smallest absolute Gasteiger partial charge is 0.160 e. The lowest BCUT2D eigenvalue weighted by Crippen LogP contribution is -2.19. The molecule has 0 amide bonds. The van der Waals surface area contributed by atoms with Crippen molar-refractivity contribution in [2.75, 3.05) is 7.05 Å². The Balaban J connectivity index is 1.71. The fourth-order valence-electron chi connectivity index (χ4n) is 2.98. The summed E-state index contributed by atoms with van der Waals surface area (Å²) in [5.74, 6) is -0.0490. The molecule has 2 aromatic heterocycles. The Labute approximate surface area is 175 Å². The quantitative estimate of drug-likeness (QED) is 0.593. The fourth-order valence-corrected chi connectivity index (χ4v) is 3.50. The van der Waals surface area contributed by atoms with Crippen LogP contribution in [-0.4, -0.2) is 44.9 Å². The van der Waals surface area contributed by atoms with Gasteiger partial charge in [-0.3, -0.25) is 9.58 Å². The maximum atomic E-state index is 10.2. The van der Waals surface area contributed by atoms with E-state index in [0.29, 0.717) is 29.0 Å². The molecule has 6 nitrogen and oxygen atoms in total. The number of hydrogen-bond donors (Lipinski definition) is 1. The first kappa shape index (κ1) is 20.9. The Hall–Kier alpha value is -1.83. The average Bonchev–Trinajstić information content (AvgIpc) is 3.05. The predicted octanol–water partition coefficient (Wildman–Crippen LogP) is 3.55. The standard InChI is InChI=1S/C19H24BCl2N5O/c1-19(2,10-20)11-27-9-13(24-25-27)8-26(3)7-12-4-5-14-15(21)6-16(22)18(28)17(14)23-12/h4-6,9,28H,7-8,10-11,20H2,1-3H3. The Morgan fingerprint density at radius 1 is 1.18 bits per heavy atom. The van der Waals surface area contributed by atoms with Crippen molar-refractivity contribution in [3.05, 3.63) is 45.8 Å². The van der Waals surface area contributed by atoms with Gasteiger partial charge in [-0.1, -0.05) is 48.6 Å². The molecule has 0 atom stereocenters. The summed E-state index contributed by atoms with van der Waals surface area (Å²) in [6, 6.07) is 5.28. The predicted molar refractivity (Wildman–Crippen MR) is 116 cm³/mol. The second kappa shape index (κ2) is 8.27. The first-order valence-corrected chi connectivity index (χ1v) is 9.98. The highest BCUT2D eigenvalue weighted by molar-refractivity contribution is 6.39. The Morgan fingerprint density at radius 2 is 1.89 bits per heavy atom. The Kier molecular flexibility index (Phi) is 6.17. The zero-order valence-corrected chi connectivity index (χ0v) is 18.1. The SMILES string of the molecule is BCC(C)(C)Cn1cc(CN(C)Cc2ccc3c(Cl)cc(Cl)c(O)c3n2)nn1. The molecule has 1 aromatic carbocycles. The molecule has 0 aliphatic rings. The molecule has 2 heterocycles. The van der Waals surface area contributed by atoms with E-state index in [2.05, 4.69) is 41.9 Å². The van der Waals surface area contributed by atoms with E-state index in [9.17, 15) is 5.11 Å². The Bertz CT molecular complexity index is 992. The van der Waals surface area contributed by atoms with Gasteiger partial charge >= 0.3 is 0 Å². The summed E-state index contributed by atoms with van der Waals surface area (Å²) in [7, 11) is 4.17. The van der Waals surface area contributed by atoms with Gasteiger partial charge in [0.2, 0.25) is 0 Å². The first-order chi connectivity index (χ1) is 13.2. The lowest BCUT2D eigenvalue weighted by atomic mass is 9.79. The second-order valence-electron chi connectivity index (χ2n) is 7.99. The van der Waals surface area contributed by atoms with E-state index < -0.39 is 0 Å². The molecule has 28 heavy (non-hydrogen) atoms. The van der Waals surface area contributed by atoms with Gasteiger partial charge in [-0.25, -0.2) is 4.98 Å². The number of phenols is 1. The van der Waals surface area contributed by atoms with Crippen molar-refractivity contribution in [2.45, 2.75) is 39.8 Å². The van der Waals surface area contributed by atoms with Gasteiger partial charge in [0.1, 0.15) is 13.4 Å². The summed E-state index contributed by atoms with van der Waals surface area (Å²) in [5.41, 5.74) is 2.32. The third-order valence-corrected chi connectivity index (χ3v) is 5.51. The maximum absolute atomic E-state index is 10.2. The van der Waals surface area contributed by atoms with E-state index in [1.807, 2.05) is 30.1 Å². The number of aromatic hydroxyl groups is 1. The maximum Gasteiger partial charge on any atom is 0.160 e. The summed E-state index contributed by atoms with van der Waals surface area (Å²) in [5, 5.41) is 20.1. The van der Waals surface area contributed by atoms with Crippen LogP contribution >= 0.6 is 23.2 Å². The van der Waals surface area contributed by atoms with Crippen molar-refractivity contribution in [1.29, 1.82) is 0 Å². The summed E-state index contributed by atoms with van der Waals surface area (Å²) in [6.07, 6.45) is 3.07. The molecule has 0 radical (unpaired) electrons. The number of fused-ring (bicyclic) bond motifs is 1. The van der Waals surface area contributed by atoms with E-state index in [0.717, 1.165) is 24.3 Å². The van der Waals surface area contributed by atoms with Gasteiger partial charge in [-0.15, -0.1) is 5.10 Å². The van der Waals surface area contributed by atoms with Crippen LogP contribution in [0.1, 0.15) is 25.2 Å².